The predicted molar refractivity (Wildman–Crippen MR) is 117 cm³/mol. The highest BCUT2D eigenvalue weighted by molar-refractivity contribution is 6.31. The van der Waals surface area contributed by atoms with Gasteiger partial charge in [0.05, 0.1) is 29.5 Å². The van der Waals surface area contributed by atoms with E-state index >= 15 is 0 Å². The Kier molecular flexibility index (Phi) is 5.07. The van der Waals surface area contributed by atoms with E-state index in [-0.39, 0.29) is 10.7 Å². The summed E-state index contributed by atoms with van der Waals surface area (Å²) in [6.07, 6.45) is -1.04. The third-order valence-corrected chi connectivity index (χ3v) is 6.03. The van der Waals surface area contributed by atoms with Gasteiger partial charge in [0.15, 0.2) is 6.10 Å². The lowest BCUT2D eigenvalue weighted by Gasteiger charge is -2.29. The molecule has 8 heteroatoms. The molecule has 0 spiro atoms. The number of hydroxylamine groups is 1. The van der Waals surface area contributed by atoms with E-state index in [0.29, 0.717) is 11.4 Å². The normalized spacial score (nSPS) is 22.4. The summed E-state index contributed by atoms with van der Waals surface area (Å²) >= 11 is 5.77. The maximum Gasteiger partial charge on any atom is 0.266 e. The van der Waals surface area contributed by atoms with Gasteiger partial charge in [-0.2, -0.15) is 0 Å². The molecule has 0 radical (unpaired) electrons. The molecular weight excluding hydrogens is 435 g/mol. The molecule has 2 aliphatic rings. The molecule has 2 aliphatic heterocycles. The van der Waals surface area contributed by atoms with Crippen LogP contribution in [-0.2, 0) is 14.4 Å². The molecule has 0 saturated carbocycles. The summed E-state index contributed by atoms with van der Waals surface area (Å²) < 4.78 is 19.4. The number of ether oxygens (including phenoxy) is 1. The van der Waals surface area contributed by atoms with Gasteiger partial charge >= 0.3 is 0 Å². The Balaban J connectivity index is 1.59. The number of para-hydroxylation sites is 1. The van der Waals surface area contributed by atoms with E-state index in [0.717, 1.165) is 16.5 Å². The number of anilines is 2. The number of carbonyl (C=O) groups excluding carboxylic acids is 2. The zero-order valence-corrected chi connectivity index (χ0v) is 17.7. The van der Waals surface area contributed by atoms with E-state index in [4.69, 9.17) is 21.2 Å². The van der Waals surface area contributed by atoms with Gasteiger partial charge in [0.1, 0.15) is 17.5 Å². The van der Waals surface area contributed by atoms with Gasteiger partial charge in [0.2, 0.25) is 5.91 Å². The fourth-order valence-electron chi connectivity index (χ4n) is 4.26. The molecule has 0 unspecified atom stereocenters. The van der Waals surface area contributed by atoms with Crippen molar-refractivity contribution >= 4 is 34.8 Å². The number of fused-ring (bicyclic) bond motifs is 1. The van der Waals surface area contributed by atoms with Crippen LogP contribution in [0.15, 0.2) is 72.8 Å². The van der Waals surface area contributed by atoms with E-state index in [1.165, 1.54) is 12.1 Å². The molecule has 32 heavy (non-hydrogen) atoms. The minimum atomic E-state index is -1.04. The largest absolute Gasteiger partial charge is 0.497 e. The highest BCUT2D eigenvalue weighted by Crippen LogP contribution is 2.48. The quantitative estimate of drug-likeness (QED) is 0.544. The van der Waals surface area contributed by atoms with Crippen molar-refractivity contribution in [3.63, 3.8) is 0 Å². The molecule has 0 bridgehead atoms. The van der Waals surface area contributed by atoms with Crippen molar-refractivity contribution in [1.82, 2.24) is 0 Å². The molecule has 3 aromatic carbocycles. The molecule has 2 amide bonds. The van der Waals surface area contributed by atoms with Gasteiger partial charge in [-0.3, -0.25) is 14.4 Å². The van der Waals surface area contributed by atoms with Crippen molar-refractivity contribution in [2.45, 2.75) is 12.1 Å². The Morgan fingerprint density at radius 1 is 0.938 bits per heavy atom. The maximum atomic E-state index is 14.1. The van der Waals surface area contributed by atoms with E-state index in [2.05, 4.69) is 0 Å². The number of hydrogen-bond acceptors (Lipinski definition) is 5. The molecule has 2 fully saturated rings. The summed E-state index contributed by atoms with van der Waals surface area (Å²) in [5.74, 6) is -1.93. The van der Waals surface area contributed by atoms with Crippen LogP contribution in [0.3, 0.4) is 0 Å². The van der Waals surface area contributed by atoms with Crippen LogP contribution in [0, 0.1) is 11.7 Å². The Morgan fingerprint density at radius 3 is 2.44 bits per heavy atom. The second-order valence-corrected chi connectivity index (χ2v) is 7.95. The van der Waals surface area contributed by atoms with Crippen molar-refractivity contribution in [3.05, 3.63) is 89.2 Å². The second kappa shape index (κ2) is 7.93. The van der Waals surface area contributed by atoms with Gasteiger partial charge in [-0.15, -0.1) is 0 Å². The Bertz CT molecular complexity index is 1210. The fourth-order valence-corrected chi connectivity index (χ4v) is 4.37. The third-order valence-electron chi connectivity index (χ3n) is 5.72. The molecule has 2 heterocycles. The first kappa shape index (κ1) is 20.5. The van der Waals surface area contributed by atoms with Gasteiger partial charge in [-0.1, -0.05) is 41.9 Å². The Labute approximate surface area is 188 Å². The van der Waals surface area contributed by atoms with Gasteiger partial charge in [-0.05, 0) is 48.0 Å². The Morgan fingerprint density at radius 2 is 1.72 bits per heavy atom. The van der Waals surface area contributed by atoms with Crippen LogP contribution in [0.1, 0.15) is 11.6 Å². The van der Waals surface area contributed by atoms with Crippen molar-refractivity contribution in [3.8, 4) is 5.75 Å². The molecule has 3 aromatic rings. The van der Waals surface area contributed by atoms with Gasteiger partial charge in [-0.25, -0.2) is 14.4 Å². The van der Waals surface area contributed by atoms with Gasteiger partial charge in [0.25, 0.3) is 5.91 Å². The lowest BCUT2D eigenvalue weighted by Crippen LogP contribution is -2.37. The van der Waals surface area contributed by atoms with Crippen LogP contribution in [0.4, 0.5) is 15.8 Å². The molecule has 0 N–H and O–H groups in total. The zero-order valence-electron chi connectivity index (χ0n) is 16.9. The SMILES string of the molecule is COc1cccc([C@@H]2[C@H]3C(=O)N(c4ccc(Cl)c(F)c4)C(=O)[C@H]3ON2c2ccccc2)c1. The second-order valence-electron chi connectivity index (χ2n) is 7.54. The summed E-state index contributed by atoms with van der Waals surface area (Å²) in [7, 11) is 1.56. The first-order valence-corrected chi connectivity index (χ1v) is 10.4. The van der Waals surface area contributed by atoms with Crippen molar-refractivity contribution in [2.75, 3.05) is 17.1 Å². The highest BCUT2D eigenvalue weighted by Gasteiger charge is 2.60. The average molecular weight is 453 g/mol. The summed E-state index contributed by atoms with van der Waals surface area (Å²) in [4.78, 5) is 33.8. The highest BCUT2D eigenvalue weighted by atomic mass is 35.5. The Hall–Kier alpha value is -3.42. The lowest BCUT2D eigenvalue weighted by molar-refractivity contribution is -0.126. The summed E-state index contributed by atoms with van der Waals surface area (Å²) in [5, 5.41) is 1.51. The van der Waals surface area contributed by atoms with Crippen LogP contribution >= 0.6 is 11.6 Å². The van der Waals surface area contributed by atoms with E-state index < -0.39 is 35.7 Å². The molecule has 162 valence electrons. The van der Waals surface area contributed by atoms with Crippen LogP contribution in [0.5, 0.6) is 5.75 Å². The zero-order chi connectivity index (χ0) is 22.4. The molecular formula is C24H18ClFN2O4. The molecule has 0 aromatic heterocycles. The van der Waals surface area contributed by atoms with Gasteiger partial charge in [0, 0.05) is 0 Å². The summed E-state index contributed by atoms with van der Waals surface area (Å²) in [5.41, 5.74) is 1.58. The predicted octanol–water partition coefficient (Wildman–Crippen LogP) is 4.54. The standard InChI is InChI=1S/C24H18ClFN2O4/c1-31-17-9-5-6-14(12-17)21-20-22(32-28(21)15-7-3-2-4-8-15)24(30)27(23(20)29)16-10-11-18(25)19(26)13-16/h2-13,20-22H,1H3/t20-,21-,22+/m1/s1. The van der Waals surface area contributed by atoms with Crippen molar-refractivity contribution in [1.29, 1.82) is 0 Å². The van der Waals surface area contributed by atoms with Crippen LogP contribution in [-0.4, -0.2) is 25.0 Å². The minimum Gasteiger partial charge on any atom is -0.497 e. The van der Waals surface area contributed by atoms with Crippen LogP contribution in [0.25, 0.3) is 0 Å². The number of benzene rings is 3. The van der Waals surface area contributed by atoms with E-state index in [1.54, 1.807) is 18.2 Å². The number of carbonyl (C=O) groups is 2. The lowest BCUT2D eigenvalue weighted by atomic mass is 9.90. The first-order chi connectivity index (χ1) is 15.5. The smallest absolute Gasteiger partial charge is 0.266 e. The van der Waals surface area contributed by atoms with Crippen LogP contribution in [0.2, 0.25) is 5.02 Å². The number of halogens is 2. The summed E-state index contributed by atoms with van der Waals surface area (Å²) in [6.45, 7) is 0. The van der Waals surface area contributed by atoms with E-state index in [1.807, 2.05) is 48.5 Å². The topological polar surface area (TPSA) is 59.1 Å². The van der Waals surface area contributed by atoms with Crippen molar-refractivity contribution < 1.29 is 23.6 Å². The third kappa shape index (κ3) is 3.21. The van der Waals surface area contributed by atoms with Gasteiger partial charge < -0.3 is 4.74 Å². The number of amides is 2. The first-order valence-electron chi connectivity index (χ1n) is 9.97. The van der Waals surface area contributed by atoms with Crippen LogP contribution < -0.4 is 14.7 Å². The summed E-state index contributed by atoms with van der Waals surface area (Å²) in [6, 6.07) is 19.8. The number of imide groups is 1. The molecule has 2 saturated heterocycles. The molecule has 3 atom stereocenters. The molecule has 5 rings (SSSR count). The molecule has 0 aliphatic carbocycles. The maximum absolute atomic E-state index is 14.1. The molecule has 6 nitrogen and oxygen atoms in total. The van der Waals surface area contributed by atoms with E-state index in [9.17, 15) is 14.0 Å². The number of nitrogens with zero attached hydrogens (tertiary/aromatic N) is 2. The van der Waals surface area contributed by atoms with Crippen molar-refractivity contribution in [2.24, 2.45) is 5.92 Å². The minimum absolute atomic E-state index is 0.0891. The number of hydrogen-bond donors (Lipinski definition) is 0. The monoisotopic (exact) mass is 452 g/mol. The number of rotatable bonds is 4. The fraction of sp³-hybridized carbons (Fsp3) is 0.167. The average Bonchev–Trinajstić information content (AvgIpc) is 3.32. The number of methoxy groups -OCH3 is 1.